The summed E-state index contributed by atoms with van der Waals surface area (Å²) in [7, 11) is 2.00. The van der Waals surface area contributed by atoms with Crippen molar-refractivity contribution in [1.29, 1.82) is 0 Å². The molecule has 0 aliphatic carbocycles. The third kappa shape index (κ3) is 1.66. The maximum absolute atomic E-state index is 4.58. The van der Waals surface area contributed by atoms with E-state index in [9.17, 15) is 0 Å². The van der Waals surface area contributed by atoms with E-state index < -0.39 is 0 Å². The van der Waals surface area contributed by atoms with Crippen LogP contribution < -0.4 is 4.90 Å². The van der Waals surface area contributed by atoms with Crippen molar-refractivity contribution in [1.82, 2.24) is 19.5 Å². The largest absolute Gasteiger partial charge is 0.355 e. The van der Waals surface area contributed by atoms with Gasteiger partial charge in [0.05, 0.1) is 0 Å². The first-order chi connectivity index (χ1) is 8.27. The maximum Gasteiger partial charge on any atom is 0.165 e. The van der Waals surface area contributed by atoms with E-state index in [2.05, 4.69) is 19.9 Å². The Labute approximate surface area is 100 Å². The first kappa shape index (κ1) is 10.5. The first-order valence-electron chi connectivity index (χ1n) is 6.16. The number of hydrogen-bond donors (Lipinski definition) is 0. The van der Waals surface area contributed by atoms with Crippen LogP contribution in [0.1, 0.15) is 25.1 Å². The second-order valence-corrected chi connectivity index (χ2v) is 4.64. The van der Waals surface area contributed by atoms with Gasteiger partial charge in [-0.2, -0.15) is 0 Å². The molecule has 3 rings (SSSR count). The van der Waals surface area contributed by atoms with Crippen LogP contribution in [0.25, 0.3) is 11.2 Å². The summed E-state index contributed by atoms with van der Waals surface area (Å²) in [5.74, 6) is 1.98. The summed E-state index contributed by atoms with van der Waals surface area (Å²) in [6, 6.07) is 0. The summed E-state index contributed by atoms with van der Waals surface area (Å²) < 4.78 is 2.02. The van der Waals surface area contributed by atoms with Gasteiger partial charge in [0.1, 0.15) is 12.2 Å². The monoisotopic (exact) mass is 231 g/mol. The molecule has 0 N–H and O–H groups in total. The van der Waals surface area contributed by atoms with E-state index in [-0.39, 0.29) is 0 Å². The standard InChI is InChI=1S/C12H17N5/c1-9-15-10-11(16(9)2)13-8-14-12(10)17-6-4-3-5-7-17/h8H,3-7H2,1-2H3. The average molecular weight is 231 g/mol. The molecule has 0 atom stereocenters. The van der Waals surface area contributed by atoms with E-state index in [0.29, 0.717) is 0 Å². The van der Waals surface area contributed by atoms with Crippen molar-refractivity contribution in [3.05, 3.63) is 12.2 Å². The SMILES string of the molecule is Cc1nc2c(N3CCCCC3)ncnc2n1C. The highest BCUT2D eigenvalue weighted by Crippen LogP contribution is 2.24. The molecule has 0 spiro atoms. The number of hydrogen-bond acceptors (Lipinski definition) is 4. The summed E-state index contributed by atoms with van der Waals surface area (Å²) in [5.41, 5.74) is 1.87. The second kappa shape index (κ2) is 3.98. The molecule has 2 aromatic rings. The van der Waals surface area contributed by atoms with Crippen molar-refractivity contribution in [3.8, 4) is 0 Å². The fraction of sp³-hybridized carbons (Fsp3) is 0.583. The minimum absolute atomic E-state index is 0.929. The molecule has 2 aromatic heterocycles. The van der Waals surface area contributed by atoms with E-state index in [1.165, 1.54) is 19.3 Å². The number of aryl methyl sites for hydroxylation is 2. The molecule has 1 aliphatic rings. The van der Waals surface area contributed by atoms with Crippen molar-refractivity contribution in [2.24, 2.45) is 7.05 Å². The Morgan fingerprint density at radius 1 is 1.12 bits per heavy atom. The number of anilines is 1. The van der Waals surface area contributed by atoms with Gasteiger partial charge in [-0.1, -0.05) is 0 Å². The van der Waals surface area contributed by atoms with Crippen molar-refractivity contribution in [3.63, 3.8) is 0 Å². The predicted octanol–water partition coefficient (Wildman–Crippen LogP) is 1.66. The molecule has 17 heavy (non-hydrogen) atoms. The highest BCUT2D eigenvalue weighted by atomic mass is 15.2. The Kier molecular flexibility index (Phi) is 2.46. The number of aromatic nitrogens is 4. The zero-order valence-corrected chi connectivity index (χ0v) is 10.3. The lowest BCUT2D eigenvalue weighted by atomic mass is 10.1. The third-order valence-electron chi connectivity index (χ3n) is 3.52. The Morgan fingerprint density at radius 3 is 2.65 bits per heavy atom. The van der Waals surface area contributed by atoms with Crippen LogP contribution in [0, 0.1) is 6.92 Å². The predicted molar refractivity (Wildman–Crippen MR) is 67.1 cm³/mol. The number of rotatable bonds is 1. The van der Waals surface area contributed by atoms with Gasteiger partial charge < -0.3 is 9.47 Å². The average Bonchev–Trinajstić information content (AvgIpc) is 2.67. The molecule has 1 fully saturated rings. The van der Waals surface area contributed by atoms with Gasteiger partial charge in [0.2, 0.25) is 0 Å². The summed E-state index contributed by atoms with van der Waals surface area (Å²) in [6.45, 7) is 4.17. The number of nitrogens with zero attached hydrogens (tertiary/aromatic N) is 5. The van der Waals surface area contributed by atoms with E-state index in [4.69, 9.17) is 0 Å². The van der Waals surface area contributed by atoms with Crippen molar-refractivity contribution >= 4 is 17.0 Å². The lowest BCUT2D eigenvalue weighted by Gasteiger charge is -2.27. The molecule has 0 amide bonds. The van der Waals surface area contributed by atoms with E-state index in [1.54, 1.807) is 6.33 Å². The summed E-state index contributed by atoms with van der Waals surface area (Å²) in [5, 5.41) is 0. The van der Waals surface area contributed by atoms with Crippen molar-refractivity contribution in [2.45, 2.75) is 26.2 Å². The minimum atomic E-state index is 0.929. The van der Waals surface area contributed by atoms with Gasteiger partial charge >= 0.3 is 0 Å². The normalized spacial score (nSPS) is 16.7. The Hall–Kier alpha value is -1.65. The third-order valence-corrected chi connectivity index (χ3v) is 3.52. The zero-order chi connectivity index (χ0) is 11.8. The molecule has 3 heterocycles. The molecule has 0 unspecified atom stereocenters. The van der Waals surface area contributed by atoms with Crippen molar-refractivity contribution < 1.29 is 0 Å². The topological polar surface area (TPSA) is 46.8 Å². The Balaban J connectivity index is 2.12. The Bertz CT molecular complexity index is 539. The van der Waals surface area contributed by atoms with Gasteiger partial charge in [-0.05, 0) is 26.2 Å². The van der Waals surface area contributed by atoms with Gasteiger partial charge in [-0.25, -0.2) is 15.0 Å². The fourth-order valence-electron chi connectivity index (χ4n) is 2.43. The molecule has 1 aliphatic heterocycles. The first-order valence-corrected chi connectivity index (χ1v) is 6.16. The van der Waals surface area contributed by atoms with Crippen LogP contribution in [0.2, 0.25) is 0 Å². The van der Waals surface area contributed by atoms with Gasteiger partial charge in [0.15, 0.2) is 17.0 Å². The molecule has 0 bridgehead atoms. The Morgan fingerprint density at radius 2 is 1.88 bits per heavy atom. The molecule has 0 radical (unpaired) electrons. The number of piperidine rings is 1. The minimum Gasteiger partial charge on any atom is -0.355 e. The second-order valence-electron chi connectivity index (χ2n) is 4.64. The molecule has 90 valence electrons. The van der Waals surface area contributed by atoms with Crippen LogP contribution in [0.4, 0.5) is 5.82 Å². The summed E-state index contributed by atoms with van der Waals surface area (Å²) >= 11 is 0. The van der Waals surface area contributed by atoms with Gasteiger partial charge in [0.25, 0.3) is 0 Å². The lowest BCUT2D eigenvalue weighted by Crippen LogP contribution is -2.30. The summed E-state index contributed by atoms with van der Waals surface area (Å²) in [4.78, 5) is 15.7. The van der Waals surface area contributed by atoms with Gasteiger partial charge in [-0.15, -0.1) is 0 Å². The van der Waals surface area contributed by atoms with Crippen LogP contribution in [-0.4, -0.2) is 32.6 Å². The fourth-order valence-corrected chi connectivity index (χ4v) is 2.43. The highest BCUT2D eigenvalue weighted by molar-refractivity contribution is 5.83. The van der Waals surface area contributed by atoms with E-state index >= 15 is 0 Å². The van der Waals surface area contributed by atoms with E-state index in [0.717, 1.165) is 35.9 Å². The zero-order valence-electron chi connectivity index (χ0n) is 10.3. The highest BCUT2D eigenvalue weighted by Gasteiger charge is 2.18. The quantitative estimate of drug-likeness (QED) is 0.749. The van der Waals surface area contributed by atoms with Crippen molar-refractivity contribution in [2.75, 3.05) is 18.0 Å². The van der Waals surface area contributed by atoms with Crippen LogP contribution in [0.5, 0.6) is 0 Å². The number of fused-ring (bicyclic) bond motifs is 1. The molecule has 0 aromatic carbocycles. The molecular formula is C12H17N5. The molecule has 0 saturated carbocycles. The lowest BCUT2D eigenvalue weighted by molar-refractivity contribution is 0.574. The summed E-state index contributed by atoms with van der Waals surface area (Å²) in [6.07, 6.45) is 5.47. The van der Waals surface area contributed by atoms with Crippen LogP contribution in [0.15, 0.2) is 6.33 Å². The molecule has 1 saturated heterocycles. The number of imidazole rings is 1. The van der Waals surface area contributed by atoms with Crippen LogP contribution in [0.3, 0.4) is 0 Å². The molecule has 5 nitrogen and oxygen atoms in total. The smallest absolute Gasteiger partial charge is 0.165 e. The van der Waals surface area contributed by atoms with Gasteiger partial charge in [0, 0.05) is 20.1 Å². The molecule has 5 heteroatoms. The van der Waals surface area contributed by atoms with Gasteiger partial charge in [-0.3, -0.25) is 0 Å². The molecular weight excluding hydrogens is 214 g/mol. The van der Waals surface area contributed by atoms with E-state index in [1.807, 2.05) is 18.5 Å². The maximum atomic E-state index is 4.58. The van der Waals surface area contributed by atoms with Crippen LogP contribution in [-0.2, 0) is 7.05 Å². The van der Waals surface area contributed by atoms with Crippen LogP contribution >= 0.6 is 0 Å².